The van der Waals surface area contributed by atoms with Gasteiger partial charge in [-0.05, 0) is 35.2 Å². The summed E-state index contributed by atoms with van der Waals surface area (Å²) in [6.45, 7) is 9.43. The molecule has 0 radical (unpaired) electrons. The van der Waals surface area contributed by atoms with Crippen molar-refractivity contribution in [2.24, 2.45) is 0 Å². The number of aromatic amines is 1. The van der Waals surface area contributed by atoms with Crippen LogP contribution in [-0.2, 0) is 10.2 Å². The fourth-order valence-electron chi connectivity index (χ4n) is 3.93. The van der Waals surface area contributed by atoms with Crippen LogP contribution in [0.25, 0.3) is 10.9 Å². The first kappa shape index (κ1) is 21.1. The summed E-state index contributed by atoms with van der Waals surface area (Å²) in [6.07, 6.45) is 0. The van der Waals surface area contributed by atoms with E-state index in [1.807, 2.05) is 47.4 Å². The fraction of sp³-hybridized carbons (Fsp3) is 0.360. The highest BCUT2D eigenvalue weighted by Gasteiger charge is 2.24. The number of anilines is 1. The van der Waals surface area contributed by atoms with E-state index in [1.165, 1.54) is 5.56 Å². The Bertz CT molecular complexity index is 1040. The SMILES string of the molecule is CC(C)(C)c1ccc(NC(=O)CN2CCN(C(=O)c3cc4ccccc4[nH]3)CC2)cc1. The Kier molecular flexibility index (Phi) is 5.83. The standard InChI is InChI=1S/C25H30N4O2/c1-25(2,3)19-8-10-20(11-9-19)26-23(30)17-28-12-14-29(15-13-28)24(31)22-16-18-6-4-5-7-21(18)27-22/h4-11,16,27H,12-15,17H2,1-3H3,(H,26,30). The van der Waals surface area contributed by atoms with Crippen LogP contribution in [0.2, 0.25) is 0 Å². The van der Waals surface area contributed by atoms with Crippen LogP contribution in [0.5, 0.6) is 0 Å². The number of nitrogens with zero attached hydrogens (tertiary/aromatic N) is 2. The van der Waals surface area contributed by atoms with E-state index in [9.17, 15) is 9.59 Å². The molecule has 1 aromatic heterocycles. The summed E-state index contributed by atoms with van der Waals surface area (Å²) in [5.74, 6) is -0.0156. The molecule has 6 nitrogen and oxygen atoms in total. The average Bonchev–Trinajstić information content (AvgIpc) is 3.18. The number of amides is 2. The molecule has 2 heterocycles. The summed E-state index contributed by atoms with van der Waals surface area (Å²) in [4.78, 5) is 32.4. The molecule has 31 heavy (non-hydrogen) atoms. The number of H-pyrrole nitrogens is 1. The number of para-hydroxylation sites is 1. The first-order valence-electron chi connectivity index (χ1n) is 10.8. The second-order valence-corrected chi connectivity index (χ2v) is 9.21. The molecule has 1 aliphatic rings. The van der Waals surface area contributed by atoms with Gasteiger partial charge in [-0.1, -0.05) is 51.1 Å². The highest BCUT2D eigenvalue weighted by atomic mass is 16.2. The minimum atomic E-state index is -0.0288. The normalized spacial score (nSPS) is 15.3. The first-order valence-corrected chi connectivity index (χ1v) is 10.8. The number of carbonyl (C=O) groups excluding carboxylic acids is 2. The van der Waals surface area contributed by atoms with E-state index in [0.717, 1.165) is 16.6 Å². The number of benzene rings is 2. The van der Waals surface area contributed by atoms with Gasteiger partial charge in [0.25, 0.3) is 5.91 Å². The van der Waals surface area contributed by atoms with Crippen molar-refractivity contribution in [2.75, 3.05) is 38.0 Å². The van der Waals surface area contributed by atoms with E-state index in [0.29, 0.717) is 38.4 Å². The van der Waals surface area contributed by atoms with Crippen LogP contribution >= 0.6 is 0 Å². The third-order valence-electron chi connectivity index (χ3n) is 5.82. The minimum Gasteiger partial charge on any atom is -0.351 e. The minimum absolute atomic E-state index is 0.0132. The number of fused-ring (bicyclic) bond motifs is 1. The van der Waals surface area contributed by atoms with Crippen molar-refractivity contribution in [2.45, 2.75) is 26.2 Å². The molecule has 2 N–H and O–H groups in total. The zero-order valence-electron chi connectivity index (χ0n) is 18.4. The van der Waals surface area contributed by atoms with Gasteiger partial charge < -0.3 is 15.2 Å². The van der Waals surface area contributed by atoms with Crippen LogP contribution in [0.4, 0.5) is 5.69 Å². The molecule has 162 valence electrons. The van der Waals surface area contributed by atoms with Gasteiger partial charge in [0.2, 0.25) is 5.91 Å². The van der Waals surface area contributed by atoms with Crippen LogP contribution < -0.4 is 5.32 Å². The van der Waals surface area contributed by atoms with Crippen LogP contribution in [0.15, 0.2) is 54.6 Å². The van der Waals surface area contributed by atoms with Gasteiger partial charge >= 0.3 is 0 Å². The number of hydrogen-bond donors (Lipinski definition) is 2. The van der Waals surface area contributed by atoms with Gasteiger partial charge in [0.1, 0.15) is 5.69 Å². The monoisotopic (exact) mass is 418 g/mol. The maximum atomic E-state index is 12.8. The van der Waals surface area contributed by atoms with Crippen molar-refractivity contribution in [3.63, 3.8) is 0 Å². The lowest BCUT2D eigenvalue weighted by molar-refractivity contribution is -0.117. The van der Waals surface area contributed by atoms with Crippen LogP contribution in [0.3, 0.4) is 0 Å². The molecule has 1 saturated heterocycles. The Morgan fingerprint density at radius 3 is 2.29 bits per heavy atom. The van der Waals surface area contributed by atoms with Gasteiger partial charge in [0.05, 0.1) is 6.54 Å². The smallest absolute Gasteiger partial charge is 0.270 e. The zero-order valence-corrected chi connectivity index (χ0v) is 18.4. The molecule has 0 atom stereocenters. The van der Waals surface area contributed by atoms with E-state index in [1.54, 1.807) is 0 Å². The largest absolute Gasteiger partial charge is 0.351 e. The molecule has 2 aromatic carbocycles. The Morgan fingerprint density at radius 1 is 0.968 bits per heavy atom. The maximum absolute atomic E-state index is 12.8. The van der Waals surface area contributed by atoms with Crippen molar-refractivity contribution in [1.82, 2.24) is 14.8 Å². The van der Waals surface area contributed by atoms with Gasteiger partial charge in [-0.2, -0.15) is 0 Å². The molecule has 0 unspecified atom stereocenters. The number of carbonyl (C=O) groups is 2. The van der Waals surface area contributed by atoms with Gasteiger partial charge in [0, 0.05) is 42.8 Å². The summed E-state index contributed by atoms with van der Waals surface area (Å²) in [5.41, 5.74) is 3.72. The van der Waals surface area contributed by atoms with Gasteiger partial charge in [-0.15, -0.1) is 0 Å². The third kappa shape index (κ3) is 4.97. The molecular formula is C25H30N4O2. The Hall–Kier alpha value is -3.12. The van der Waals surface area contributed by atoms with E-state index < -0.39 is 0 Å². The molecule has 1 aliphatic heterocycles. The molecule has 0 aliphatic carbocycles. The van der Waals surface area contributed by atoms with E-state index >= 15 is 0 Å². The molecule has 0 spiro atoms. The lowest BCUT2D eigenvalue weighted by Gasteiger charge is -2.34. The first-order chi connectivity index (χ1) is 14.8. The number of piperazine rings is 1. The maximum Gasteiger partial charge on any atom is 0.270 e. The molecule has 2 amide bonds. The van der Waals surface area contributed by atoms with Crippen molar-refractivity contribution >= 4 is 28.4 Å². The second kappa shape index (κ2) is 8.55. The molecule has 6 heteroatoms. The quantitative estimate of drug-likeness (QED) is 0.676. The predicted octanol–water partition coefficient (Wildman–Crippen LogP) is 3.86. The third-order valence-corrected chi connectivity index (χ3v) is 5.82. The van der Waals surface area contributed by atoms with Gasteiger partial charge in [0.15, 0.2) is 0 Å². The summed E-state index contributed by atoms with van der Waals surface area (Å²) in [7, 11) is 0. The number of hydrogen-bond acceptors (Lipinski definition) is 3. The van der Waals surface area contributed by atoms with Crippen molar-refractivity contribution in [1.29, 1.82) is 0 Å². The fourth-order valence-corrected chi connectivity index (χ4v) is 3.93. The summed E-state index contributed by atoms with van der Waals surface area (Å²) in [5, 5.41) is 4.02. The van der Waals surface area contributed by atoms with Gasteiger partial charge in [-0.25, -0.2) is 0 Å². The van der Waals surface area contributed by atoms with Crippen LogP contribution in [-0.4, -0.2) is 59.3 Å². The molecule has 1 fully saturated rings. The molecule has 4 rings (SSSR count). The predicted molar refractivity (Wildman–Crippen MR) is 124 cm³/mol. The molecule has 0 saturated carbocycles. The Labute approximate surface area is 183 Å². The van der Waals surface area contributed by atoms with Crippen molar-refractivity contribution in [3.05, 3.63) is 65.9 Å². The van der Waals surface area contributed by atoms with Crippen LogP contribution in [0, 0.1) is 0 Å². The van der Waals surface area contributed by atoms with E-state index in [2.05, 4.69) is 48.1 Å². The summed E-state index contributed by atoms with van der Waals surface area (Å²) < 4.78 is 0. The molecule has 3 aromatic rings. The highest BCUT2D eigenvalue weighted by molar-refractivity contribution is 5.98. The topological polar surface area (TPSA) is 68.4 Å². The average molecular weight is 419 g/mol. The van der Waals surface area contributed by atoms with Crippen LogP contribution in [0.1, 0.15) is 36.8 Å². The summed E-state index contributed by atoms with van der Waals surface area (Å²) >= 11 is 0. The summed E-state index contributed by atoms with van der Waals surface area (Å²) in [6, 6.07) is 17.8. The molecular weight excluding hydrogens is 388 g/mol. The van der Waals surface area contributed by atoms with Crippen molar-refractivity contribution < 1.29 is 9.59 Å². The van der Waals surface area contributed by atoms with Gasteiger partial charge in [-0.3, -0.25) is 14.5 Å². The van der Waals surface area contributed by atoms with Crippen molar-refractivity contribution in [3.8, 4) is 0 Å². The Morgan fingerprint density at radius 2 is 1.65 bits per heavy atom. The lowest BCUT2D eigenvalue weighted by Crippen LogP contribution is -2.50. The number of aromatic nitrogens is 1. The van der Waals surface area contributed by atoms with E-state index in [4.69, 9.17) is 0 Å². The zero-order chi connectivity index (χ0) is 22.0. The Balaban J connectivity index is 1.27. The highest BCUT2D eigenvalue weighted by Crippen LogP contribution is 2.23. The van der Waals surface area contributed by atoms with E-state index in [-0.39, 0.29) is 17.2 Å². The second-order valence-electron chi connectivity index (χ2n) is 9.21. The molecule has 0 bridgehead atoms. The number of rotatable bonds is 4. The number of nitrogens with one attached hydrogen (secondary N) is 2. The lowest BCUT2D eigenvalue weighted by atomic mass is 9.87.